The number of hydrogen-bond donors (Lipinski definition) is 8. The fraction of sp³-hybridized carbons (Fsp3) is 0.820. The highest BCUT2D eigenvalue weighted by atomic mass is 16.7. The molecule has 1 aromatic rings. The van der Waals surface area contributed by atoms with Crippen molar-refractivity contribution >= 4 is 11.7 Å². The van der Waals surface area contributed by atoms with Crippen LogP contribution in [-0.4, -0.2) is 184 Å². The van der Waals surface area contributed by atoms with Gasteiger partial charge in [0.15, 0.2) is 12.6 Å². The van der Waals surface area contributed by atoms with Crippen LogP contribution in [-0.2, 0) is 33.2 Å². The Bertz CT molecular complexity index is 1760. The maximum atomic E-state index is 14.5. The van der Waals surface area contributed by atoms with Crippen molar-refractivity contribution < 1.29 is 63.5 Å². The Hall–Kier alpha value is -2.89. The van der Waals surface area contributed by atoms with E-state index >= 15 is 0 Å². The summed E-state index contributed by atoms with van der Waals surface area (Å²) in [6.07, 6.45) is -6.32. The molecular formula is C50H90N6O13. The lowest BCUT2D eigenvalue weighted by Crippen LogP contribution is -2.61. The molecule has 3 aliphatic rings. The highest BCUT2D eigenvalue weighted by molar-refractivity contribution is 5.73. The van der Waals surface area contributed by atoms with Crippen molar-refractivity contribution in [1.82, 2.24) is 14.8 Å². The molecule has 398 valence electrons. The lowest BCUT2D eigenvalue weighted by molar-refractivity contribution is -0.318. The quantitative estimate of drug-likeness (QED) is 0.0389. The van der Waals surface area contributed by atoms with E-state index in [0.29, 0.717) is 56.9 Å². The van der Waals surface area contributed by atoms with E-state index in [1.807, 2.05) is 56.8 Å². The van der Waals surface area contributed by atoms with Gasteiger partial charge in [0.05, 0.1) is 48.1 Å². The van der Waals surface area contributed by atoms with Gasteiger partial charge in [0.1, 0.15) is 35.8 Å². The molecule has 3 heterocycles. The van der Waals surface area contributed by atoms with E-state index in [4.69, 9.17) is 50.5 Å². The number of aliphatic hydroxyl groups is 5. The Kier molecular flexibility index (Phi) is 21.4. The lowest BCUT2D eigenvalue weighted by Gasteiger charge is -2.49. The minimum absolute atomic E-state index is 0.0981. The van der Waals surface area contributed by atoms with Crippen molar-refractivity contribution in [2.75, 3.05) is 53.2 Å². The van der Waals surface area contributed by atoms with Crippen molar-refractivity contribution in [2.45, 2.75) is 198 Å². The Morgan fingerprint density at radius 3 is 2.25 bits per heavy atom. The molecule has 0 amide bonds. The van der Waals surface area contributed by atoms with Crippen molar-refractivity contribution in [2.24, 2.45) is 29.3 Å². The molecule has 0 unspecified atom stereocenters. The van der Waals surface area contributed by atoms with Gasteiger partial charge < -0.3 is 85.0 Å². The molecule has 0 aromatic heterocycles. The van der Waals surface area contributed by atoms with Crippen LogP contribution in [0, 0.1) is 17.8 Å². The third kappa shape index (κ3) is 15.3. The van der Waals surface area contributed by atoms with Crippen LogP contribution in [0.2, 0.25) is 0 Å². The number of carbonyl (C=O) groups excluding carboxylic acids is 1. The summed E-state index contributed by atoms with van der Waals surface area (Å²) < 4.78 is 44.0. The molecule has 18 atom stereocenters. The van der Waals surface area contributed by atoms with Crippen molar-refractivity contribution in [3.63, 3.8) is 0 Å². The third-order valence-corrected chi connectivity index (χ3v) is 14.9. The Balaban J connectivity index is 1.62. The molecule has 0 saturated carbocycles. The van der Waals surface area contributed by atoms with E-state index in [2.05, 4.69) is 0 Å². The maximum absolute atomic E-state index is 14.5. The minimum atomic E-state index is -1.84. The van der Waals surface area contributed by atoms with Gasteiger partial charge in [0.2, 0.25) is 0 Å². The molecule has 69 heavy (non-hydrogen) atoms. The first-order valence-corrected chi connectivity index (χ1v) is 24.9. The molecular weight excluding hydrogens is 893 g/mol. The van der Waals surface area contributed by atoms with Crippen LogP contribution >= 0.6 is 0 Å². The molecule has 3 fully saturated rings. The highest BCUT2D eigenvalue weighted by Gasteiger charge is 2.53. The van der Waals surface area contributed by atoms with Crippen LogP contribution in [0.15, 0.2) is 36.2 Å². The van der Waals surface area contributed by atoms with Crippen LogP contribution in [0.4, 0.5) is 5.69 Å². The number of rotatable bonds is 16. The molecule has 3 aliphatic heterocycles. The van der Waals surface area contributed by atoms with E-state index in [0.717, 1.165) is 5.75 Å². The van der Waals surface area contributed by atoms with Crippen LogP contribution in [0.3, 0.4) is 0 Å². The molecule has 19 heteroatoms. The number of esters is 1. The summed E-state index contributed by atoms with van der Waals surface area (Å²) in [5.74, 6) is 4.19. The third-order valence-electron chi connectivity index (χ3n) is 14.9. The van der Waals surface area contributed by atoms with Gasteiger partial charge in [-0.05, 0) is 112 Å². The Morgan fingerprint density at radius 1 is 0.971 bits per heavy atom. The number of benzene rings is 1. The number of nitrogens with zero attached hydrogens (tertiary/aromatic N) is 3. The van der Waals surface area contributed by atoms with E-state index in [1.54, 1.807) is 59.9 Å². The fourth-order valence-electron chi connectivity index (χ4n) is 10.5. The largest absolute Gasteiger partial charge is 0.494 e. The van der Waals surface area contributed by atoms with Gasteiger partial charge in [-0.1, -0.05) is 20.8 Å². The summed E-state index contributed by atoms with van der Waals surface area (Å²) >= 11 is 0. The maximum Gasteiger partial charge on any atom is 0.311 e. The van der Waals surface area contributed by atoms with Crippen molar-refractivity contribution in [1.29, 1.82) is 0 Å². The van der Waals surface area contributed by atoms with Gasteiger partial charge in [0, 0.05) is 81.6 Å². The van der Waals surface area contributed by atoms with Gasteiger partial charge in [-0.25, -0.2) is 5.84 Å². The first-order chi connectivity index (χ1) is 32.1. The van der Waals surface area contributed by atoms with E-state index in [-0.39, 0.29) is 31.3 Å². The van der Waals surface area contributed by atoms with Gasteiger partial charge in [-0.15, -0.1) is 0 Å². The second-order valence-corrected chi connectivity index (χ2v) is 21.1. The molecule has 4 rings (SSSR count). The first-order valence-electron chi connectivity index (χ1n) is 24.9. The van der Waals surface area contributed by atoms with E-state index in [9.17, 15) is 30.3 Å². The standard InChI is InChI=1S/C50H90N6O13/c1-14-39-50(10,62)43(58)33(6)55(12)27-29(2)25-48(8,61)45(31(4)42(32(5)46(60)67-39)68-40-26-49(9,63-13)44(59)34(7)66-40)69-47-41(57)38(24-30(3)65-47)54(11)22-20-36(52)28-56(53)21-15-23-64-37-18-16-35(51)17-19-37/h16-19,28-34,38-45,47,57-59,61-62H,14-15,20-27,51-53H2,1-13H3/b36-28-/t29-,30-,31+,32-,33-,34+,38+,39-,40+,41-,42+,43-,44+,45-,47+,48-,49-,50-/m1/s1. The lowest BCUT2D eigenvalue weighted by atomic mass is 9.77. The number of aliphatic hydroxyl groups excluding tert-OH is 3. The topological polar surface area (TPSA) is 271 Å². The predicted molar refractivity (Wildman–Crippen MR) is 262 cm³/mol. The zero-order chi connectivity index (χ0) is 51.8. The number of methoxy groups -OCH3 is 1. The van der Waals surface area contributed by atoms with E-state index in [1.165, 1.54) is 19.0 Å². The van der Waals surface area contributed by atoms with Gasteiger partial charge in [-0.3, -0.25) is 4.79 Å². The van der Waals surface area contributed by atoms with Crippen LogP contribution < -0.4 is 22.0 Å². The minimum Gasteiger partial charge on any atom is -0.494 e. The zero-order valence-electron chi connectivity index (χ0n) is 43.7. The molecule has 0 aliphatic carbocycles. The molecule has 0 spiro atoms. The molecule has 11 N–H and O–H groups in total. The summed E-state index contributed by atoms with van der Waals surface area (Å²) in [6, 6.07) is 6.18. The summed E-state index contributed by atoms with van der Waals surface area (Å²) in [4.78, 5) is 18.4. The molecule has 1 aromatic carbocycles. The van der Waals surface area contributed by atoms with Gasteiger partial charge in [-0.2, -0.15) is 0 Å². The van der Waals surface area contributed by atoms with Crippen molar-refractivity contribution in [3.05, 3.63) is 36.2 Å². The SMILES string of the molecule is CC[C@H]1OC(=O)[C@H](C)[C@@H](O[C@H]2C[C@@](C)(OC)[C@@H](O)[C@H](C)O2)[C@H](C)[C@@H](O[C@@H]2O[C@H](C)C[C@H](N(C)CC/C(N)=C/N(N)CCCOc3ccc(N)cc3)[C@H]2O)[C@](C)(O)C[C@@H](C)CN(C)[C@H](C)[C@@H](O)[C@]1(C)O. The van der Waals surface area contributed by atoms with E-state index < -0.39 is 102 Å². The average Bonchev–Trinajstić information content (AvgIpc) is 3.28. The summed E-state index contributed by atoms with van der Waals surface area (Å²) in [7, 11) is 5.24. The second kappa shape index (κ2) is 25.2. The van der Waals surface area contributed by atoms with Crippen LogP contribution in [0.25, 0.3) is 0 Å². The number of hydrogen-bond acceptors (Lipinski definition) is 19. The normalized spacial score (nSPS) is 40.4. The number of nitrogen functional groups attached to an aromatic ring is 1. The number of cyclic esters (lactones) is 1. The predicted octanol–water partition coefficient (Wildman–Crippen LogP) is 2.69. The van der Waals surface area contributed by atoms with Gasteiger partial charge in [0.25, 0.3) is 0 Å². The number of hydrazine groups is 1. The monoisotopic (exact) mass is 983 g/mol. The van der Waals surface area contributed by atoms with Gasteiger partial charge >= 0.3 is 5.97 Å². The smallest absolute Gasteiger partial charge is 0.311 e. The second-order valence-electron chi connectivity index (χ2n) is 21.1. The summed E-state index contributed by atoms with van der Waals surface area (Å²) in [6.45, 7) is 19.4. The fourth-order valence-corrected chi connectivity index (χ4v) is 10.5. The number of likely N-dealkylation sites (N-methyl/N-ethyl adjacent to an activating group) is 2. The first kappa shape index (κ1) is 58.7. The Labute approximate surface area is 411 Å². The highest BCUT2D eigenvalue weighted by Crippen LogP contribution is 2.40. The molecule has 0 bridgehead atoms. The van der Waals surface area contributed by atoms with Crippen LogP contribution in [0.5, 0.6) is 5.75 Å². The zero-order valence-corrected chi connectivity index (χ0v) is 43.7. The van der Waals surface area contributed by atoms with Crippen molar-refractivity contribution in [3.8, 4) is 5.75 Å². The number of ether oxygens (including phenoxy) is 7. The van der Waals surface area contributed by atoms with Crippen LogP contribution in [0.1, 0.15) is 108 Å². The number of carbonyl (C=O) groups is 1. The summed E-state index contributed by atoms with van der Waals surface area (Å²) in [5.41, 5.74) is 8.89. The Morgan fingerprint density at radius 2 is 1.62 bits per heavy atom. The average molecular weight is 983 g/mol. The molecule has 3 saturated heterocycles. The number of nitrogens with two attached hydrogens (primary N) is 3. The summed E-state index contributed by atoms with van der Waals surface area (Å²) in [5, 5.41) is 61.0. The number of anilines is 1. The molecule has 19 nitrogen and oxygen atoms in total. The molecule has 0 radical (unpaired) electrons.